The first-order chi connectivity index (χ1) is 18.2. The number of carbonyl (C=O) groups excluding carboxylic acids is 1. The van der Waals surface area contributed by atoms with E-state index < -0.39 is 17.7 Å². The summed E-state index contributed by atoms with van der Waals surface area (Å²) in [6.45, 7) is 2.38. The standard InChI is InChI=1S/C27H28FN7O3/c1-27(2,37)25(28)14-32-26(36)21-13-31-23(24-4-3-19-7-17(10-29)11-33-35(19)24)9-22(21)34-18-5-16(6-18)8-20-12-30-15-38-20/h3-4,7,9,11-13,15-16,18,25,37H,5-6,8,14H2,1-2H3,(H,31,34)(H,32,36)/t16?,18?,25-/m1/s1. The second-order valence-corrected chi connectivity index (χ2v) is 10.2. The molecule has 1 aliphatic rings. The third kappa shape index (κ3) is 5.35. The molecule has 3 N–H and O–H groups in total. The minimum atomic E-state index is -1.63. The third-order valence-corrected chi connectivity index (χ3v) is 6.82. The van der Waals surface area contributed by atoms with Crippen molar-refractivity contribution in [1.29, 1.82) is 5.26 Å². The number of anilines is 1. The molecule has 0 bridgehead atoms. The number of halogens is 1. The molecule has 0 saturated heterocycles. The van der Waals surface area contributed by atoms with E-state index in [0.717, 1.165) is 30.5 Å². The van der Waals surface area contributed by atoms with Crippen LogP contribution in [0, 0.1) is 17.2 Å². The zero-order valence-electron chi connectivity index (χ0n) is 21.1. The van der Waals surface area contributed by atoms with E-state index >= 15 is 0 Å². The second-order valence-electron chi connectivity index (χ2n) is 10.2. The zero-order chi connectivity index (χ0) is 26.9. The van der Waals surface area contributed by atoms with Crippen LogP contribution in [-0.4, -0.2) is 55.0 Å². The zero-order valence-corrected chi connectivity index (χ0v) is 21.1. The van der Waals surface area contributed by atoms with Gasteiger partial charge in [0.05, 0.1) is 58.3 Å². The summed E-state index contributed by atoms with van der Waals surface area (Å²) in [5, 5.41) is 29.4. The van der Waals surface area contributed by atoms with Crippen molar-refractivity contribution >= 4 is 17.1 Å². The van der Waals surface area contributed by atoms with Gasteiger partial charge >= 0.3 is 0 Å². The second kappa shape index (κ2) is 10.2. The molecule has 1 fully saturated rings. The van der Waals surface area contributed by atoms with Gasteiger partial charge in [0.25, 0.3) is 5.91 Å². The SMILES string of the molecule is CC(C)(O)[C@H](F)CNC(=O)c1cnc(-c2ccc3cc(C#N)cnn23)cc1NC1CC(Cc2cnco2)C1. The Morgan fingerprint density at radius 3 is 2.84 bits per heavy atom. The van der Waals surface area contributed by atoms with Crippen molar-refractivity contribution in [3.8, 4) is 17.5 Å². The number of nitriles is 1. The van der Waals surface area contributed by atoms with Gasteiger partial charge in [-0.3, -0.25) is 9.78 Å². The summed E-state index contributed by atoms with van der Waals surface area (Å²) in [4.78, 5) is 21.5. The topological polar surface area (TPSA) is 141 Å². The van der Waals surface area contributed by atoms with Crippen LogP contribution in [0.2, 0.25) is 0 Å². The van der Waals surface area contributed by atoms with Crippen molar-refractivity contribution in [2.24, 2.45) is 5.92 Å². The van der Waals surface area contributed by atoms with Gasteiger partial charge in [0.2, 0.25) is 0 Å². The number of aliphatic hydroxyl groups is 1. The number of fused-ring (bicyclic) bond motifs is 1. The van der Waals surface area contributed by atoms with Crippen LogP contribution in [0.25, 0.3) is 16.9 Å². The fourth-order valence-electron chi connectivity index (χ4n) is 4.54. The summed E-state index contributed by atoms with van der Waals surface area (Å²) >= 11 is 0. The maximum Gasteiger partial charge on any atom is 0.255 e. The van der Waals surface area contributed by atoms with Crippen LogP contribution in [0.4, 0.5) is 10.1 Å². The van der Waals surface area contributed by atoms with Crippen molar-refractivity contribution in [3.63, 3.8) is 0 Å². The molecule has 0 unspecified atom stereocenters. The van der Waals surface area contributed by atoms with Crippen molar-refractivity contribution in [2.75, 3.05) is 11.9 Å². The van der Waals surface area contributed by atoms with Gasteiger partial charge in [-0.25, -0.2) is 13.9 Å². The molecular weight excluding hydrogens is 489 g/mol. The summed E-state index contributed by atoms with van der Waals surface area (Å²) in [7, 11) is 0. The summed E-state index contributed by atoms with van der Waals surface area (Å²) in [6.07, 6.45) is 7.03. The Bertz CT molecular complexity index is 1480. The predicted octanol–water partition coefficient (Wildman–Crippen LogP) is 3.53. The molecule has 4 heterocycles. The summed E-state index contributed by atoms with van der Waals surface area (Å²) in [5.41, 5.74) is 1.74. The third-order valence-electron chi connectivity index (χ3n) is 6.82. The highest BCUT2D eigenvalue weighted by molar-refractivity contribution is 6.00. The largest absolute Gasteiger partial charge is 0.449 e. The monoisotopic (exact) mass is 517 g/mol. The highest BCUT2D eigenvalue weighted by atomic mass is 19.1. The van der Waals surface area contributed by atoms with Gasteiger partial charge < -0.3 is 20.2 Å². The van der Waals surface area contributed by atoms with Gasteiger partial charge in [-0.15, -0.1) is 0 Å². The maximum absolute atomic E-state index is 14.3. The Hall–Kier alpha value is -4.30. The lowest BCUT2D eigenvalue weighted by molar-refractivity contribution is -0.00177. The molecule has 4 aromatic rings. The molecule has 38 heavy (non-hydrogen) atoms. The molecule has 0 aliphatic heterocycles. The van der Waals surface area contributed by atoms with Crippen molar-refractivity contribution in [1.82, 2.24) is 24.9 Å². The lowest BCUT2D eigenvalue weighted by Gasteiger charge is -2.36. The number of carbonyl (C=O) groups is 1. The van der Waals surface area contributed by atoms with Crippen molar-refractivity contribution < 1.29 is 18.7 Å². The molecule has 196 valence electrons. The molecule has 5 rings (SSSR count). The van der Waals surface area contributed by atoms with E-state index in [1.807, 2.05) is 12.1 Å². The smallest absolute Gasteiger partial charge is 0.255 e. The van der Waals surface area contributed by atoms with E-state index in [9.17, 15) is 14.3 Å². The number of pyridine rings is 1. The first-order valence-corrected chi connectivity index (χ1v) is 12.4. The molecule has 1 atom stereocenters. The van der Waals surface area contributed by atoms with Gasteiger partial charge in [0, 0.05) is 18.7 Å². The van der Waals surface area contributed by atoms with Gasteiger partial charge in [0.1, 0.15) is 18.0 Å². The average Bonchev–Trinajstić information content (AvgIpc) is 3.54. The highest BCUT2D eigenvalue weighted by Crippen LogP contribution is 2.34. The Morgan fingerprint density at radius 1 is 1.32 bits per heavy atom. The van der Waals surface area contributed by atoms with E-state index in [-0.39, 0.29) is 18.2 Å². The molecule has 11 heteroatoms. The van der Waals surface area contributed by atoms with Crippen LogP contribution in [-0.2, 0) is 6.42 Å². The number of aromatic nitrogens is 4. The number of hydrogen-bond acceptors (Lipinski definition) is 8. The fourth-order valence-corrected chi connectivity index (χ4v) is 4.54. The lowest BCUT2D eigenvalue weighted by atomic mass is 9.77. The van der Waals surface area contributed by atoms with Gasteiger partial charge in [-0.1, -0.05) is 0 Å². The Kier molecular flexibility index (Phi) is 6.82. The molecule has 0 spiro atoms. The highest BCUT2D eigenvalue weighted by Gasteiger charge is 2.31. The normalized spacial score (nSPS) is 18.0. The molecule has 0 radical (unpaired) electrons. The van der Waals surface area contributed by atoms with Crippen molar-refractivity contribution in [3.05, 3.63) is 66.1 Å². The van der Waals surface area contributed by atoms with Crippen molar-refractivity contribution in [2.45, 2.75) is 50.9 Å². The summed E-state index contributed by atoms with van der Waals surface area (Å²) in [5.74, 6) is 0.790. The molecule has 1 amide bonds. The first-order valence-electron chi connectivity index (χ1n) is 12.4. The Balaban J connectivity index is 1.38. The van der Waals surface area contributed by atoms with Crippen LogP contribution in [0.1, 0.15) is 48.4 Å². The van der Waals surface area contributed by atoms with Crippen LogP contribution < -0.4 is 10.6 Å². The van der Waals surface area contributed by atoms with E-state index in [1.54, 1.807) is 22.8 Å². The average molecular weight is 518 g/mol. The summed E-state index contributed by atoms with van der Waals surface area (Å²) < 4.78 is 21.3. The number of alkyl halides is 1. The van der Waals surface area contributed by atoms with E-state index in [0.29, 0.717) is 28.6 Å². The van der Waals surface area contributed by atoms with E-state index in [1.165, 1.54) is 32.6 Å². The van der Waals surface area contributed by atoms with E-state index in [2.05, 4.69) is 31.8 Å². The van der Waals surface area contributed by atoms with Crippen LogP contribution in [0.5, 0.6) is 0 Å². The van der Waals surface area contributed by atoms with Gasteiger partial charge in [-0.2, -0.15) is 10.4 Å². The quantitative estimate of drug-likeness (QED) is 0.306. The lowest BCUT2D eigenvalue weighted by Crippen LogP contribution is -2.42. The van der Waals surface area contributed by atoms with E-state index in [4.69, 9.17) is 9.68 Å². The maximum atomic E-state index is 14.3. The first kappa shape index (κ1) is 25.4. The number of amides is 1. The molecule has 4 aromatic heterocycles. The molecular formula is C27H28FN7O3. The fraction of sp³-hybridized carbons (Fsp3) is 0.370. The van der Waals surface area contributed by atoms with Gasteiger partial charge in [-0.05, 0) is 56.9 Å². The number of oxazole rings is 1. The molecule has 1 aliphatic carbocycles. The summed E-state index contributed by atoms with van der Waals surface area (Å²) in [6, 6.07) is 9.42. The number of rotatable bonds is 9. The van der Waals surface area contributed by atoms with Crippen LogP contribution >= 0.6 is 0 Å². The predicted molar refractivity (Wildman–Crippen MR) is 137 cm³/mol. The molecule has 10 nitrogen and oxygen atoms in total. The minimum absolute atomic E-state index is 0.135. The number of nitrogens with one attached hydrogen (secondary N) is 2. The Labute approximate surface area is 218 Å². The van der Waals surface area contributed by atoms with Crippen LogP contribution in [0.3, 0.4) is 0 Å². The molecule has 1 saturated carbocycles. The Morgan fingerprint density at radius 2 is 2.13 bits per heavy atom. The molecule has 0 aromatic carbocycles. The van der Waals surface area contributed by atoms with Crippen LogP contribution in [0.15, 0.2) is 53.7 Å². The van der Waals surface area contributed by atoms with Gasteiger partial charge in [0.15, 0.2) is 6.39 Å². The number of hydrogen-bond donors (Lipinski definition) is 3. The number of nitrogens with zero attached hydrogens (tertiary/aromatic N) is 5. The minimum Gasteiger partial charge on any atom is -0.449 e.